The van der Waals surface area contributed by atoms with Crippen LogP contribution in [0.5, 0.6) is 0 Å². The summed E-state index contributed by atoms with van der Waals surface area (Å²) in [6.45, 7) is 8.01. The fraction of sp³-hybridized carbons (Fsp3) is 0.390. The highest BCUT2D eigenvalue weighted by Gasteiger charge is 2.31. The van der Waals surface area contributed by atoms with Crippen molar-refractivity contribution in [2.75, 3.05) is 5.32 Å². The summed E-state index contributed by atoms with van der Waals surface area (Å²) in [6, 6.07) is 23.9. The van der Waals surface area contributed by atoms with E-state index in [-0.39, 0.29) is 37.1 Å². The highest BCUT2D eigenvalue weighted by molar-refractivity contribution is 6.12. The molecule has 0 spiro atoms. The molecule has 1 aromatic heterocycles. The zero-order chi connectivity index (χ0) is 37.9. The maximum absolute atomic E-state index is 14.3. The summed E-state index contributed by atoms with van der Waals surface area (Å²) in [4.78, 5) is 38.7. The summed E-state index contributed by atoms with van der Waals surface area (Å²) in [5, 5.41) is 34.3. The number of amides is 1. The molecule has 0 saturated heterocycles. The van der Waals surface area contributed by atoms with Gasteiger partial charge in [-0.15, -0.1) is 0 Å². The van der Waals surface area contributed by atoms with Crippen molar-refractivity contribution < 1.29 is 38.8 Å². The number of anilines is 1. The van der Waals surface area contributed by atoms with Crippen molar-refractivity contribution in [2.45, 2.75) is 96.6 Å². The number of aliphatic hydroxyl groups excluding tert-OH is 2. The number of nitrogens with zero attached hydrogens (tertiary/aromatic N) is 1. The summed E-state index contributed by atoms with van der Waals surface area (Å²) in [6.07, 6.45) is -3.97. The number of benzene rings is 3. The van der Waals surface area contributed by atoms with E-state index in [2.05, 4.69) is 5.32 Å². The van der Waals surface area contributed by atoms with Crippen molar-refractivity contribution in [1.29, 1.82) is 0 Å². The number of carboxylic acid groups (broad SMARTS) is 1. The lowest BCUT2D eigenvalue weighted by molar-refractivity contribution is -0.156. The quantitative estimate of drug-likeness (QED) is 0.0689. The predicted octanol–water partition coefficient (Wildman–Crippen LogP) is 6.99. The van der Waals surface area contributed by atoms with Crippen LogP contribution in [0.25, 0.3) is 22.4 Å². The first-order chi connectivity index (χ1) is 24.7. The zero-order valence-electron chi connectivity index (χ0n) is 30.2. The molecule has 1 heterocycles. The van der Waals surface area contributed by atoms with Gasteiger partial charge < -0.3 is 35.7 Å². The van der Waals surface area contributed by atoms with Crippen molar-refractivity contribution in [2.24, 2.45) is 11.7 Å². The minimum atomic E-state index is -1.21. The predicted molar refractivity (Wildman–Crippen MR) is 199 cm³/mol. The van der Waals surface area contributed by atoms with Crippen LogP contribution in [0.2, 0.25) is 0 Å². The Morgan fingerprint density at radius 2 is 1.46 bits per heavy atom. The van der Waals surface area contributed by atoms with E-state index in [1.807, 2.05) is 80.8 Å². The van der Waals surface area contributed by atoms with Gasteiger partial charge in [-0.25, -0.2) is 4.39 Å². The number of carboxylic acids is 1. The van der Waals surface area contributed by atoms with Gasteiger partial charge in [0.05, 0.1) is 36.3 Å². The van der Waals surface area contributed by atoms with Crippen LogP contribution in [-0.4, -0.2) is 62.1 Å². The van der Waals surface area contributed by atoms with E-state index in [4.69, 9.17) is 10.5 Å². The van der Waals surface area contributed by atoms with E-state index >= 15 is 0 Å². The highest BCUT2D eigenvalue weighted by Crippen LogP contribution is 2.42. The SMILES string of the molecule is CC(C)C[C@H](N)[C@@H](O)CC(=O)O[C@@H](CC(=O)O)C[C@H](O)CCn1c(-c2ccc(F)cc2)c(-c2ccccc2)c(C(=O)Nc2ccccc2)c1C(C)C. The van der Waals surface area contributed by atoms with E-state index < -0.39 is 55.0 Å². The third-order valence-corrected chi connectivity index (χ3v) is 8.82. The highest BCUT2D eigenvalue weighted by atomic mass is 19.1. The van der Waals surface area contributed by atoms with Gasteiger partial charge in [-0.3, -0.25) is 14.4 Å². The Morgan fingerprint density at radius 1 is 0.846 bits per heavy atom. The van der Waals surface area contributed by atoms with Crippen molar-refractivity contribution in [3.8, 4) is 22.4 Å². The number of aromatic nitrogens is 1. The molecule has 10 nitrogen and oxygen atoms in total. The average Bonchev–Trinajstić information content (AvgIpc) is 3.43. The first-order valence-electron chi connectivity index (χ1n) is 17.7. The standard InChI is InChI=1S/C41H50FN3O7/c1-25(2)21-33(43)34(47)24-36(50)52-32(23-35(48)49)22-31(46)19-20-45-39(26(3)4)38(41(51)44-30-13-9-6-10-14-30)37(27-11-7-5-8-12-27)40(45)28-15-17-29(42)18-16-28/h5-18,25-26,31-34,46-47H,19-24,43H2,1-4H3,(H,44,51)(H,48,49)/t31-,32-,33+,34+/m1/s1. The molecule has 4 rings (SSSR count). The Bertz CT molecular complexity index is 1780. The number of halogens is 1. The van der Waals surface area contributed by atoms with Crippen molar-refractivity contribution in [1.82, 2.24) is 4.57 Å². The van der Waals surface area contributed by atoms with Crippen LogP contribution in [0.4, 0.5) is 10.1 Å². The molecule has 52 heavy (non-hydrogen) atoms. The second kappa shape index (κ2) is 18.6. The van der Waals surface area contributed by atoms with Crippen LogP contribution >= 0.6 is 0 Å². The van der Waals surface area contributed by atoms with E-state index in [1.165, 1.54) is 12.1 Å². The van der Waals surface area contributed by atoms with Crippen molar-refractivity contribution in [3.63, 3.8) is 0 Å². The molecule has 0 fully saturated rings. The van der Waals surface area contributed by atoms with Gasteiger partial charge in [-0.05, 0) is 72.2 Å². The molecule has 0 aliphatic heterocycles. The molecule has 0 aliphatic rings. The van der Waals surface area contributed by atoms with Crippen molar-refractivity contribution >= 4 is 23.5 Å². The number of aliphatic hydroxyl groups is 2. The largest absolute Gasteiger partial charge is 0.481 e. The van der Waals surface area contributed by atoms with E-state index in [0.717, 1.165) is 5.56 Å². The molecule has 11 heteroatoms. The van der Waals surface area contributed by atoms with Crippen LogP contribution in [0.15, 0.2) is 84.9 Å². The summed E-state index contributed by atoms with van der Waals surface area (Å²) < 4.78 is 21.6. The molecular weight excluding hydrogens is 665 g/mol. The zero-order valence-corrected chi connectivity index (χ0v) is 30.2. The van der Waals surface area contributed by atoms with E-state index in [0.29, 0.717) is 40.2 Å². The fourth-order valence-electron chi connectivity index (χ4n) is 6.53. The van der Waals surface area contributed by atoms with E-state index in [1.54, 1.807) is 24.3 Å². The second-order valence-electron chi connectivity index (χ2n) is 13.9. The van der Waals surface area contributed by atoms with E-state index in [9.17, 15) is 34.1 Å². The van der Waals surface area contributed by atoms with Gasteiger partial charge in [-0.1, -0.05) is 76.2 Å². The molecule has 0 bridgehead atoms. The van der Waals surface area contributed by atoms with Crippen LogP contribution in [0, 0.1) is 11.7 Å². The topological polar surface area (TPSA) is 164 Å². The van der Waals surface area contributed by atoms with Crippen LogP contribution in [0.3, 0.4) is 0 Å². The number of nitrogens with one attached hydrogen (secondary N) is 1. The molecule has 4 atom stereocenters. The Morgan fingerprint density at radius 3 is 2.04 bits per heavy atom. The molecular formula is C41H50FN3O7. The normalized spacial score (nSPS) is 13.8. The Labute approximate surface area is 304 Å². The van der Waals surface area contributed by atoms with Gasteiger partial charge in [0.25, 0.3) is 5.91 Å². The summed E-state index contributed by atoms with van der Waals surface area (Å²) in [5.74, 6) is -2.75. The number of carbonyl (C=O) groups excluding carboxylic acids is 2. The molecule has 3 aromatic carbocycles. The lowest BCUT2D eigenvalue weighted by atomic mass is 9.94. The Balaban J connectivity index is 1.71. The third kappa shape index (κ3) is 10.8. The third-order valence-electron chi connectivity index (χ3n) is 8.82. The fourth-order valence-corrected chi connectivity index (χ4v) is 6.53. The summed E-state index contributed by atoms with van der Waals surface area (Å²) in [5.41, 5.74) is 10.5. The second-order valence-corrected chi connectivity index (χ2v) is 13.9. The van der Waals surface area contributed by atoms with Crippen LogP contribution in [-0.2, 0) is 20.9 Å². The molecule has 0 radical (unpaired) electrons. The average molecular weight is 716 g/mol. The maximum atomic E-state index is 14.3. The molecule has 278 valence electrons. The minimum Gasteiger partial charge on any atom is -0.481 e. The van der Waals surface area contributed by atoms with Gasteiger partial charge in [0, 0.05) is 36.0 Å². The first kappa shape index (κ1) is 39.9. The number of carbonyl (C=O) groups is 3. The summed E-state index contributed by atoms with van der Waals surface area (Å²) >= 11 is 0. The molecule has 0 saturated carbocycles. The number of ether oxygens (including phenoxy) is 1. The Kier molecular flexibility index (Phi) is 14.3. The Hall–Kier alpha value is -4.84. The van der Waals surface area contributed by atoms with Gasteiger partial charge in [0.15, 0.2) is 0 Å². The van der Waals surface area contributed by atoms with Gasteiger partial charge in [0.1, 0.15) is 11.9 Å². The number of hydrogen-bond acceptors (Lipinski definition) is 7. The number of nitrogens with two attached hydrogens (primary N) is 1. The first-order valence-corrected chi connectivity index (χ1v) is 17.7. The number of aliphatic carboxylic acids is 1. The monoisotopic (exact) mass is 715 g/mol. The van der Waals surface area contributed by atoms with Crippen molar-refractivity contribution in [3.05, 3.63) is 102 Å². The molecule has 4 aromatic rings. The van der Waals surface area contributed by atoms with Crippen LogP contribution in [0.1, 0.15) is 81.8 Å². The smallest absolute Gasteiger partial charge is 0.308 e. The minimum absolute atomic E-state index is 0.103. The number of esters is 1. The van der Waals surface area contributed by atoms with Gasteiger partial charge in [0.2, 0.25) is 0 Å². The molecule has 0 unspecified atom stereocenters. The van der Waals surface area contributed by atoms with Gasteiger partial charge >= 0.3 is 11.9 Å². The number of hydrogen-bond donors (Lipinski definition) is 5. The number of rotatable bonds is 18. The molecule has 0 aliphatic carbocycles. The van der Waals surface area contributed by atoms with Gasteiger partial charge in [-0.2, -0.15) is 0 Å². The summed E-state index contributed by atoms with van der Waals surface area (Å²) in [7, 11) is 0. The molecule has 1 amide bonds. The lowest BCUT2D eigenvalue weighted by Gasteiger charge is -2.23. The number of para-hydroxylation sites is 1. The lowest BCUT2D eigenvalue weighted by Crippen LogP contribution is -2.38. The molecule has 6 N–H and O–H groups in total. The maximum Gasteiger partial charge on any atom is 0.308 e. The van der Waals surface area contributed by atoms with Crippen LogP contribution < -0.4 is 11.1 Å².